The maximum Gasteiger partial charge on any atom is 0.000856 e. The molecule has 0 saturated heterocycles. The van der Waals surface area contributed by atoms with E-state index in [0.29, 0.717) is 11.8 Å². The number of rotatable bonds is 2. The maximum absolute atomic E-state index is 2.32. The fourth-order valence-corrected chi connectivity index (χ4v) is 1.69. The van der Waals surface area contributed by atoms with Crippen LogP contribution in [0.1, 0.15) is 49.0 Å². The van der Waals surface area contributed by atoms with E-state index in [2.05, 4.69) is 45.9 Å². The van der Waals surface area contributed by atoms with Crippen LogP contribution in [0.5, 0.6) is 0 Å². The highest BCUT2D eigenvalue weighted by molar-refractivity contribution is 5.29. The van der Waals surface area contributed by atoms with Gasteiger partial charge in [0.15, 0.2) is 0 Å². The topological polar surface area (TPSA) is 0 Å². The molecule has 0 heterocycles. The van der Waals surface area contributed by atoms with E-state index in [0.717, 1.165) is 5.92 Å². The van der Waals surface area contributed by atoms with Crippen LogP contribution < -0.4 is 0 Å². The molecular weight excluding hydrogens is 168 g/mol. The Bertz CT molecular complexity index is 182. The third-order valence-corrected chi connectivity index (χ3v) is 2.38. The Kier molecular flexibility index (Phi) is 8.93. The molecule has 0 radical (unpaired) electrons. The van der Waals surface area contributed by atoms with Gasteiger partial charge < -0.3 is 0 Å². The highest BCUT2D eigenvalue weighted by Crippen LogP contribution is 2.31. The monoisotopic (exact) mass is 196 g/mol. The molecule has 0 bridgehead atoms. The van der Waals surface area contributed by atoms with Crippen molar-refractivity contribution in [2.45, 2.75) is 49.0 Å². The van der Waals surface area contributed by atoms with Crippen LogP contribution in [-0.2, 0) is 0 Å². The molecule has 0 N–H and O–H groups in total. The first-order chi connectivity index (χ1) is 6.13. The molecule has 0 spiro atoms. The second kappa shape index (κ2) is 7.84. The van der Waals surface area contributed by atoms with Crippen molar-refractivity contribution < 1.29 is 0 Å². The van der Waals surface area contributed by atoms with E-state index in [1.54, 1.807) is 5.57 Å². The summed E-state index contributed by atoms with van der Waals surface area (Å²) in [6, 6.07) is 0. The summed E-state index contributed by atoms with van der Waals surface area (Å²) in [6.07, 6.45) is 6.79. The summed E-state index contributed by atoms with van der Waals surface area (Å²) in [5.41, 5.74) is 1.60. The quantitative estimate of drug-likeness (QED) is 0.578. The van der Waals surface area contributed by atoms with Gasteiger partial charge in [0, 0.05) is 5.92 Å². The van der Waals surface area contributed by atoms with Crippen LogP contribution in [0.15, 0.2) is 23.8 Å². The molecule has 1 unspecified atom stereocenters. The lowest BCUT2D eigenvalue weighted by atomic mass is 9.85. The second-order valence-corrected chi connectivity index (χ2v) is 3.98. The van der Waals surface area contributed by atoms with Crippen molar-refractivity contribution in [3.63, 3.8) is 0 Å². The zero-order valence-corrected chi connectivity index (χ0v) is 9.96. The molecule has 0 amide bonds. The van der Waals surface area contributed by atoms with E-state index in [1.165, 1.54) is 0 Å². The second-order valence-electron chi connectivity index (χ2n) is 3.98. The Morgan fingerprint density at radius 3 is 1.86 bits per heavy atom. The summed E-state index contributed by atoms with van der Waals surface area (Å²) >= 11 is 0. The smallest absolute Gasteiger partial charge is 0.000856 e. The lowest BCUT2D eigenvalue weighted by Crippen LogP contribution is -2.10. The molecule has 0 aliphatic heterocycles. The summed E-state index contributed by atoms with van der Waals surface area (Å²) in [5.74, 6) is 2.16. The molecule has 0 heteroatoms. The van der Waals surface area contributed by atoms with Gasteiger partial charge in [-0.3, -0.25) is 0 Å². The van der Waals surface area contributed by atoms with Crippen LogP contribution in [0.2, 0.25) is 0 Å². The van der Waals surface area contributed by atoms with Crippen molar-refractivity contribution in [1.82, 2.24) is 0 Å². The molecule has 0 nitrogen and oxygen atoms in total. The van der Waals surface area contributed by atoms with E-state index >= 15 is 0 Å². The predicted octanol–water partition coefficient (Wildman–Crippen LogP) is 5.07. The minimum absolute atomic E-state index is 0. The lowest BCUT2D eigenvalue weighted by Gasteiger charge is -2.20. The summed E-state index contributed by atoms with van der Waals surface area (Å²) in [5, 5.41) is 0. The third-order valence-electron chi connectivity index (χ3n) is 2.38. The van der Waals surface area contributed by atoms with E-state index in [4.69, 9.17) is 0 Å². The summed E-state index contributed by atoms with van der Waals surface area (Å²) in [7, 11) is 0. The van der Waals surface area contributed by atoms with Crippen molar-refractivity contribution in [3.8, 4) is 0 Å². The molecule has 1 atom stereocenters. The van der Waals surface area contributed by atoms with E-state index in [9.17, 15) is 0 Å². The number of hydrogen-bond acceptors (Lipinski definition) is 0. The predicted molar refractivity (Wildman–Crippen MR) is 68.5 cm³/mol. The van der Waals surface area contributed by atoms with Gasteiger partial charge in [0.2, 0.25) is 0 Å². The number of hydrogen-bond donors (Lipinski definition) is 0. The van der Waals surface area contributed by atoms with Gasteiger partial charge >= 0.3 is 0 Å². The zero-order valence-electron chi connectivity index (χ0n) is 9.96. The van der Waals surface area contributed by atoms with Crippen LogP contribution in [0.25, 0.3) is 0 Å². The van der Waals surface area contributed by atoms with Crippen molar-refractivity contribution in [2.24, 2.45) is 17.8 Å². The molecule has 1 aliphatic rings. The SMILES string of the molecule is C.CC.CC(C)C1=CC=CC1C(C)C. The van der Waals surface area contributed by atoms with Crippen molar-refractivity contribution in [3.05, 3.63) is 23.8 Å². The maximum atomic E-state index is 2.32. The average molecular weight is 196 g/mol. The van der Waals surface area contributed by atoms with Crippen LogP contribution in [0.4, 0.5) is 0 Å². The largest absolute Gasteiger partial charge is 0.0776 e. The minimum Gasteiger partial charge on any atom is -0.0776 e. The van der Waals surface area contributed by atoms with Gasteiger partial charge in [-0.15, -0.1) is 0 Å². The average Bonchev–Trinajstić information content (AvgIpc) is 2.55. The molecule has 84 valence electrons. The Morgan fingerprint density at radius 1 is 1.07 bits per heavy atom. The standard InChI is InChI=1S/C11H18.C2H6.CH4/c1-8(2)10-6-5-7-11(10)9(3)4;1-2;/h5-10H,1-4H3;1-2H3;1H4. The molecule has 1 aliphatic carbocycles. The summed E-state index contributed by atoms with van der Waals surface area (Å²) < 4.78 is 0. The van der Waals surface area contributed by atoms with Gasteiger partial charge in [-0.25, -0.2) is 0 Å². The Labute approximate surface area is 91.1 Å². The number of allylic oxidation sites excluding steroid dienone is 4. The summed E-state index contributed by atoms with van der Waals surface area (Å²) in [6.45, 7) is 13.1. The first kappa shape index (κ1) is 15.9. The highest BCUT2D eigenvalue weighted by Gasteiger charge is 2.19. The normalized spacial score (nSPS) is 18.9. The first-order valence-corrected chi connectivity index (χ1v) is 5.51. The van der Waals surface area contributed by atoms with E-state index < -0.39 is 0 Å². The van der Waals surface area contributed by atoms with Crippen molar-refractivity contribution >= 4 is 0 Å². The Hall–Kier alpha value is -0.520. The molecule has 0 aromatic heterocycles. The molecule has 1 rings (SSSR count). The van der Waals surface area contributed by atoms with Gasteiger partial charge in [-0.1, -0.05) is 72.8 Å². The lowest BCUT2D eigenvalue weighted by molar-refractivity contribution is 0.491. The Morgan fingerprint density at radius 2 is 1.57 bits per heavy atom. The molecule has 14 heavy (non-hydrogen) atoms. The minimum atomic E-state index is 0. The highest BCUT2D eigenvalue weighted by atomic mass is 14.2. The van der Waals surface area contributed by atoms with Gasteiger partial charge in [0.1, 0.15) is 0 Å². The van der Waals surface area contributed by atoms with Gasteiger partial charge in [0.25, 0.3) is 0 Å². The molecule has 0 fully saturated rings. The molecule has 0 aromatic rings. The van der Waals surface area contributed by atoms with Gasteiger partial charge in [-0.2, -0.15) is 0 Å². The first-order valence-electron chi connectivity index (χ1n) is 5.51. The molecular formula is C14H28. The van der Waals surface area contributed by atoms with Gasteiger partial charge in [-0.05, 0) is 11.8 Å². The van der Waals surface area contributed by atoms with E-state index in [1.807, 2.05) is 13.8 Å². The van der Waals surface area contributed by atoms with Crippen LogP contribution in [0.3, 0.4) is 0 Å². The zero-order chi connectivity index (χ0) is 10.4. The van der Waals surface area contributed by atoms with Crippen molar-refractivity contribution in [2.75, 3.05) is 0 Å². The molecule has 0 aromatic carbocycles. The fraction of sp³-hybridized carbons (Fsp3) is 0.714. The van der Waals surface area contributed by atoms with Crippen LogP contribution in [-0.4, -0.2) is 0 Å². The van der Waals surface area contributed by atoms with Crippen molar-refractivity contribution in [1.29, 1.82) is 0 Å². The molecule has 0 saturated carbocycles. The fourth-order valence-electron chi connectivity index (χ4n) is 1.69. The third kappa shape index (κ3) is 4.13. The van der Waals surface area contributed by atoms with E-state index in [-0.39, 0.29) is 7.43 Å². The summed E-state index contributed by atoms with van der Waals surface area (Å²) in [4.78, 5) is 0. The van der Waals surface area contributed by atoms with Crippen LogP contribution in [0, 0.1) is 17.8 Å². The Balaban J connectivity index is 0. The van der Waals surface area contributed by atoms with Crippen LogP contribution >= 0.6 is 0 Å². The van der Waals surface area contributed by atoms with Gasteiger partial charge in [0.05, 0.1) is 0 Å².